The highest BCUT2D eigenvalue weighted by molar-refractivity contribution is 6.03. The Morgan fingerprint density at radius 2 is 2.00 bits per heavy atom. The van der Waals surface area contributed by atoms with Crippen LogP contribution in [-0.4, -0.2) is 43.7 Å². The molecule has 2 aliphatic rings. The van der Waals surface area contributed by atoms with Gasteiger partial charge in [0.1, 0.15) is 17.2 Å². The maximum atomic E-state index is 12.6. The van der Waals surface area contributed by atoms with Gasteiger partial charge in [0.05, 0.1) is 23.5 Å². The van der Waals surface area contributed by atoms with Crippen LogP contribution in [0.15, 0.2) is 24.5 Å². The molecule has 1 aliphatic heterocycles. The fourth-order valence-corrected chi connectivity index (χ4v) is 3.93. The number of rotatable bonds is 6. The van der Waals surface area contributed by atoms with E-state index in [-0.39, 0.29) is 17.6 Å². The number of carbonyl (C=O) groups excluding carboxylic acids is 2. The van der Waals surface area contributed by atoms with E-state index in [0.29, 0.717) is 35.9 Å². The molecule has 0 bridgehead atoms. The Morgan fingerprint density at radius 1 is 1.19 bits per heavy atom. The van der Waals surface area contributed by atoms with Crippen LogP contribution in [0.5, 0.6) is 0 Å². The Bertz CT molecular complexity index is 1230. The summed E-state index contributed by atoms with van der Waals surface area (Å²) in [6.07, 6.45) is 5.36. The van der Waals surface area contributed by atoms with Gasteiger partial charge < -0.3 is 15.5 Å². The summed E-state index contributed by atoms with van der Waals surface area (Å²) < 4.78 is 0. The maximum Gasteiger partial charge on any atom is 0.228 e. The number of nitrogens with zero attached hydrogens (tertiary/aromatic N) is 6. The molecular formula is C22H24N8O2. The summed E-state index contributed by atoms with van der Waals surface area (Å²) >= 11 is 0. The lowest BCUT2D eigenvalue weighted by Gasteiger charge is -2.28. The molecule has 2 N–H and O–H groups in total. The lowest BCUT2D eigenvalue weighted by Crippen LogP contribution is -2.23. The van der Waals surface area contributed by atoms with Gasteiger partial charge in [0.2, 0.25) is 5.91 Å². The van der Waals surface area contributed by atoms with Gasteiger partial charge in [-0.3, -0.25) is 9.59 Å². The number of nitrogens with one attached hydrogen (secondary N) is 2. The quantitative estimate of drug-likeness (QED) is 0.571. The number of pyridine rings is 2. The molecule has 3 aromatic rings. The highest BCUT2D eigenvalue weighted by atomic mass is 16.2. The first-order valence-corrected chi connectivity index (χ1v) is 10.7. The van der Waals surface area contributed by atoms with Gasteiger partial charge in [-0.1, -0.05) is 6.92 Å². The molecule has 164 valence electrons. The molecule has 3 aromatic heterocycles. The minimum absolute atomic E-state index is 0.0388. The third-order valence-electron chi connectivity index (χ3n) is 5.71. The van der Waals surface area contributed by atoms with E-state index in [1.54, 1.807) is 31.0 Å². The molecular weight excluding hydrogens is 408 g/mol. The Balaban J connectivity index is 1.55. The summed E-state index contributed by atoms with van der Waals surface area (Å²) in [6.45, 7) is 2.40. The largest absolute Gasteiger partial charge is 0.365 e. The van der Waals surface area contributed by atoms with Gasteiger partial charge in [0.15, 0.2) is 11.6 Å². The number of fused-ring (bicyclic) bond motifs is 3. The molecule has 0 radical (unpaired) electrons. The van der Waals surface area contributed by atoms with Crippen LogP contribution in [0.3, 0.4) is 0 Å². The normalized spacial score (nSPS) is 14.5. The molecule has 32 heavy (non-hydrogen) atoms. The number of amides is 1. The number of hydrogen-bond acceptors (Lipinski definition) is 8. The smallest absolute Gasteiger partial charge is 0.228 e. The second-order valence-electron chi connectivity index (χ2n) is 8.18. The van der Waals surface area contributed by atoms with Crippen molar-refractivity contribution < 1.29 is 9.59 Å². The fraction of sp³-hybridized carbons (Fsp3) is 0.364. The van der Waals surface area contributed by atoms with E-state index in [1.807, 2.05) is 13.1 Å². The summed E-state index contributed by atoms with van der Waals surface area (Å²) in [7, 11) is 3.77. The zero-order valence-corrected chi connectivity index (χ0v) is 18.2. The van der Waals surface area contributed by atoms with Crippen molar-refractivity contribution >= 4 is 34.7 Å². The number of hydrogen-bond donors (Lipinski definition) is 2. The van der Waals surface area contributed by atoms with E-state index in [9.17, 15) is 9.59 Å². The minimum atomic E-state index is -0.0468. The molecule has 5 rings (SSSR count). The predicted octanol–water partition coefficient (Wildman–Crippen LogP) is 2.91. The van der Waals surface area contributed by atoms with Crippen molar-refractivity contribution in [1.82, 2.24) is 25.0 Å². The van der Waals surface area contributed by atoms with E-state index in [0.717, 1.165) is 35.5 Å². The van der Waals surface area contributed by atoms with Crippen molar-refractivity contribution in [2.75, 3.05) is 22.6 Å². The van der Waals surface area contributed by atoms with E-state index >= 15 is 0 Å². The standard InChI is InChI=1S/C22H24N8O2/c1-4-17(31)14-10-24-18(26-22(32)12-5-6-12)9-15(14)25-21-20-13(7-8-23-21)19-16(11-29(20)2)27-30(3)28-19/h7-10,12H,4-6,11H2,1-3H3,(H2,23,24,25,26,32). The van der Waals surface area contributed by atoms with Crippen LogP contribution < -0.4 is 15.5 Å². The van der Waals surface area contributed by atoms with Crippen LogP contribution in [0.2, 0.25) is 0 Å². The Labute approximate surface area is 185 Å². The third kappa shape index (κ3) is 3.57. The Kier molecular flexibility index (Phi) is 4.84. The van der Waals surface area contributed by atoms with E-state index in [1.165, 1.54) is 6.20 Å². The van der Waals surface area contributed by atoms with Gasteiger partial charge in [-0.15, -0.1) is 0 Å². The van der Waals surface area contributed by atoms with Crippen LogP contribution in [0.4, 0.5) is 23.0 Å². The lowest BCUT2D eigenvalue weighted by molar-refractivity contribution is -0.117. The second-order valence-corrected chi connectivity index (χ2v) is 8.18. The van der Waals surface area contributed by atoms with Crippen molar-refractivity contribution in [3.05, 3.63) is 35.8 Å². The summed E-state index contributed by atoms with van der Waals surface area (Å²) in [6, 6.07) is 3.61. The molecule has 0 spiro atoms. The molecule has 0 atom stereocenters. The highest BCUT2D eigenvalue weighted by Crippen LogP contribution is 2.41. The first-order chi connectivity index (χ1) is 15.4. The van der Waals surface area contributed by atoms with E-state index in [2.05, 4.69) is 35.7 Å². The summed E-state index contributed by atoms with van der Waals surface area (Å²) in [5.41, 5.74) is 4.51. The molecule has 1 fully saturated rings. The molecule has 1 amide bonds. The van der Waals surface area contributed by atoms with Crippen LogP contribution in [0.1, 0.15) is 42.2 Å². The Hall–Kier alpha value is -3.82. The number of carbonyl (C=O) groups is 2. The molecule has 1 saturated carbocycles. The number of anilines is 4. The van der Waals surface area contributed by atoms with Crippen molar-refractivity contribution in [1.29, 1.82) is 0 Å². The SMILES string of the molecule is CCC(=O)c1cnc(NC(=O)C2CC2)cc1Nc1nccc2c1N(C)Cc1nn(C)nc1-2. The molecule has 10 nitrogen and oxygen atoms in total. The second kappa shape index (κ2) is 7.70. The van der Waals surface area contributed by atoms with Crippen LogP contribution in [-0.2, 0) is 18.4 Å². The molecule has 4 heterocycles. The number of ketones is 1. The number of aromatic nitrogens is 5. The van der Waals surface area contributed by atoms with Gasteiger partial charge in [-0.2, -0.15) is 15.0 Å². The van der Waals surface area contributed by atoms with E-state index in [4.69, 9.17) is 0 Å². The summed E-state index contributed by atoms with van der Waals surface area (Å²) in [5, 5.41) is 15.1. The predicted molar refractivity (Wildman–Crippen MR) is 120 cm³/mol. The Morgan fingerprint density at radius 3 is 2.75 bits per heavy atom. The average Bonchev–Trinajstić information content (AvgIpc) is 3.56. The van der Waals surface area contributed by atoms with Crippen LogP contribution in [0, 0.1) is 5.92 Å². The molecule has 10 heteroatoms. The van der Waals surface area contributed by atoms with Crippen molar-refractivity contribution in [2.45, 2.75) is 32.7 Å². The van der Waals surface area contributed by atoms with Gasteiger partial charge >= 0.3 is 0 Å². The zero-order chi connectivity index (χ0) is 22.4. The van der Waals surface area contributed by atoms with Gasteiger partial charge in [0.25, 0.3) is 0 Å². The van der Waals surface area contributed by atoms with Crippen molar-refractivity contribution in [3.63, 3.8) is 0 Å². The van der Waals surface area contributed by atoms with Gasteiger partial charge in [0, 0.05) is 50.5 Å². The fourth-order valence-electron chi connectivity index (χ4n) is 3.93. The maximum absolute atomic E-state index is 12.6. The van der Waals surface area contributed by atoms with Gasteiger partial charge in [-0.05, 0) is 18.9 Å². The van der Waals surface area contributed by atoms with Crippen LogP contribution >= 0.6 is 0 Å². The topological polar surface area (TPSA) is 118 Å². The van der Waals surface area contributed by atoms with E-state index < -0.39 is 0 Å². The molecule has 0 saturated heterocycles. The minimum Gasteiger partial charge on any atom is -0.365 e. The van der Waals surface area contributed by atoms with Crippen LogP contribution in [0.25, 0.3) is 11.3 Å². The first-order valence-electron chi connectivity index (χ1n) is 10.7. The number of Topliss-reactive ketones (excluding diaryl/α,β-unsaturated/α-hetero) is 1. The average molecular weight is 432 g/mol. The van der Waals surface area contributed by atoms with Gasteiger partial charge in [-0.25, -0.2) is 9.97 Å². The molecule has 0 unspecified atom stereocenters. The highest BCUT2D eigenvalue weighted by Gasteiger charge is 2.30. The third-order valence-corrected chi connectivity index (χ3v) is 5.71. The summed E-state index contributed by atoms with van der Waals surface area (Å²) in [5.74, 6) is 0.976. The summed E-state index contributed by atoms with van der Waals surface area (Å²) in [4.78, 5) is 37.2. The number of aryl methyl sites for hydroxylation is 1. The lowest BCUT2D eigenvalue weighted by atomic mass is 10.0. The van der Waals surface area contributed by atoms with Crippen molar-refractivity contribution in [3.8, 4) is 11.3 Å². The zero-order valence-electron chi connectivity index (χ0n) is 18.2. The first kappa shape index (κ1) is 20.1. The monoisotopic (exact) mass is 432 g/mol. The molecule has 0 aromatic carbocycles. The molecule has 1 aliphatic carbocycles. The van der Waals surface area contributed by atoms with Crippen molar-refractivity contribution in [2.24, 2.45) is 13.0 Å².